The van der Waals surface area contributed by atoms with Crippen molar-refractivity contribution in [3.05, 3.63) is 21.8 Å². The van der Waals surface area contributed by atoms with Gasteiger partial charge >= 0.3 is 5.97 Å². The van der Waals surface area contributed by atoms with Gasteiger partial charge in [-0.3, -0.25) is 4.79 Å². The number of rotatable bonds is 5. The lowest BCUT2D eigenvalue weighted by molar-refractivity contribution is -0.142. The Morgan fingerprint density at radius 2 is 2.22 bits per heavy atom. The lowest BCUT2D eigenvalue weighted by Crippen LogP contribution is -2.11. The molecule has 0 radical (unpaired) electrons. The Morgan fingerprint density at radius 3 is 2.72 bits per heavy atom. The van der Waals surface area contributed by atoms with Gasteiger partial charge in [0.2, 0.25) is 5.88 Å². The lowest BCUT2D eigenvalue weighted by atomic mass is 10.1. The van der Waals surface area contributed by atoms with Gasteiger partial charge in [0.1, 0.15) is 0 Å². The Balaban J connectivity index is 3.18. The molecule has 7 heteroatoms. The molecule has 18 heavy (non-hydrogen) atoms. The van der Waals surface area contributed by atoms with Crippen molar-refractivity contribution < 1.29 is 23.0 Å². The summed E-state index contributed by atoms with van der Waals surface area (Å²) < 4.78 is 35.8. The predicted octanol–water partition coefficient (Wildman–Crippen LogP) is 2.90. The van der Waals surface area contributed by atoms with Crippen LogP contribution in [0.15, 0.2) is 10.7 Å². The van der Waals surface area contributed by atoms with Gasteiger partial charge in [0, 0.05) is 10.7 Å². The second-order valence-corrected chi connectivity index (χ2v) is 4.14. The number of hydrogen-bond acceptors (Lipinski definition) is 4. The molecule has 0 aromatic carbocycles. The minimum atomic E-state index is -2.78. The molecule has 0 aliphatic rings. The molecule has 1 aromatic rings. The van der Waals surface area contributed by atoms with Crippen LogP contribution in [0.4, 0.5) is 8.78 Å². The number of aromatic nitrogens is 1. The van der Waals surface area contributed by atoms with Crippen LogP contribution in [0.2, 0.25) is 0 Å². The molecule has 0 aliphatic carbocycles. The lowest BCUT2D eigenvalue weighted by Gasteiger charge is -2.13. The number of esters is 1. The average Bonchev–Trinajstić information content (AvgIpc) is 2.31. The van der Waals surface area contributed by atoms with Crippen molar-refractivity contribution in [3.63, 3.8) is 0 Å². The molecule has 0 bridgehead atoms. The number of nitrogens with zero attached hydrogens (tertiary/aromatic N) is 1. The Morgan fingerprint density at radius 1 is 1.56 bits per heavy atom. The third kappa shape index (κ3) is 3.38. The van der Waals surface area contributed by atoms with Crippen LogP contribution < -0.4 is 4.74 Å². The van der Waals surface area contributed by atoms with Gasteiger partial charge in [-0.15, -0.1) is 0 Å². The monoisotopic (exact) mass is 323 g/mol. The molecule has 0 saturated carbocycles. The topological polar surface area (TPSA) is 48.4 Å². The summed E-state index contributed by atoms with van der Waals surface area (Å²) in [5.41, 5.74) is -0.254. The zero-order chi connectivity index (χ0) is 13.7. The predicted molar refractivity (Wildman–Crippen MR) is 63.8 cm³/mol. The van der Waals surface area contributed by atoms with E-state index in [1.807, 2.05) is 0 Å². The number of carbonyl (C=O) groups excluding carboxylic acids is 1. The first kappa shape index (κ1) is 14.8. The largest absolute Gasteiger partial charge is 0.481 e. The van der Waals surface area contributed by atoms with Crippen LogP contribution in [0.5, 0.6) is 5.88 Å². The Bertz CT molecular complexity index is 441. The van der Waals surface area contributed by atoms with Crippen LogP contribution in [0.25, 0.3) is 0 Å². The highest BCUT2D eigenvalue weighted by molar-refractivity contribution is 9.10. The van der Waals surface area contributed by atoms with Crippen LogP contribution in [-0.2, 0) is 16.0 Å². The zero-order valence-electron chi connectivity index (χ0n) is 9.87. The minimum Gasteiger partial charge on any atom is -0.481 e. The van der Waals surface area contributed by atoms with E-state index in [0.29, 0.717) is 4.47 Å². The molecule has 0 fully saturated rings. The summed E-state index contributed by atoms with van der Waals surface area (Å²) >= 11 is 3.10. The molecule has 1 aromatic heterocycles. The van der Waals surface area contributed by atoms with E-state index in [1.54, 1.807) is 6.92 Å². The van der Waals surface area contributed by atoms with Crippen molar-refractivity contribution in [1.29, 1.82) is 0 Å². The van der Waals surface area contributed by atoms with Crippen molar-refractivity contribution in [2.24, 2.45) is 0 Å². The molecule has 100 valence electrons. The van der Waals surface area contributed by atoms with Crippen molar-refractivity contribution in [2.45, 2.75) is 19.8 Å². The Labute approximate surface area is 111 Å². The quantitative estimate of drug-likeness (QED) is 0.782. The highest BCUT2D eigenvalue weighted by atomic mass is 79.9. The number of ether oxygens (including phenoxy) is 2. The van der Waals surface area contributed by atoms with E-state index >= 15 is 0 Å². The molecule has 0 spiro atoms. The van der Waals surface area contributed by atoms with Gasteiger partial charge in [-0.1, -0.05) is 0 Å². The van der Waals surface area contributed by atoms with Gasteiger partial charge in [-0.2, -0.15) is 0 Å². The second kappa shape index (κ2) is 6.63. The highest BCUT2D eigenvalue weighted by Crippen LogP contribution is 2.34. The van der Waals surface area contributed by atoms with E-state index in [0.717, 1.165) is 0 Å². The van der Waals surface area contributed by atoms with E-state index < -0.39 is 12.4 Å². The SMILES string of the molecule is CCOC(=O)Cc1c(Br)cnc(OC)c1C(F)F. The Kier molecular flexibility index (Phi) is 5.46. The summed E-state index contributed by atoms with van der Waals surface area (Å²) in [6.07, 6.45) is -1.72. The fraction of sp³-hybridized carbons (Fsp3) is 0.455. The maximum Gasteiger partial charge on any atom is 0.310 e. The van der Waals surface area contributed by atoms with Gasteiger partial charge in [-0.05, 0) is 28.4 Å². The molecule has 1 rings (SSSR count). The number of carbonyl (C=O) groups is 1. The summed E-state index contributed by atoms with van der Waals surface area (Å²) in [5.74, 6) is -0.763. The van der Waals surface area contributed by atoms with Crippen LogP contribution in [-0.4, -0.2) is 24.7 Å². The third-order valence-corrected chi connectivity index (χ3v) is 2.86. The first-order valence-electron chi connectivity index (χ1n) is 5.16. The van der Waals surface area contributed by atoms with Crippen molar-refractivity contribution in [2.75, 3.05) is 13.7 Å². The van der Waals surface area contributed by atoms with Crippen LogP contribution >= 0.6 is 15.9 Å². The van der Waals surface area contributed by atoms with Crippen LogP contribution in [0.1, 0.15) is 24.5 Å². The summed E-state index contributed by atoms with van der Waals surface area (Å²) in [6.45, 7) is 1.84. The third-order valence-electron chi connectivity index (χ3n) is 2.18. The zero-order valence-corrected chi connectivity index (χ0v) is 11.5. The van der Waals surface area contributed by atoms with Crippen molar-refractivity contribution >= 4 is 21.9 Å². The number of pyridine rings is 1. The van der Waals surface area contributed by atoms with Crippen molar-refractivity contribution in [1.82, 2.24) is 4.98 Å². The molecule has 0 saturated heterocycles. The van der Waals surface area contributed by atoms with Crippen LogP contribution in [0.3, 0.4) is 0 Å². The number of halogens is 3. The normalized spacial score (nSPS) is 10.6. The van der Waals surface area contributed by atoms with Crippen LogP contribution in [0, 0.1) is 0 Å². The summed E-state index contributed by atoms with van der Waals surface area (Å²) in [4.78, 5) is 15.1. The molecule has 0 unspecified atom stereocenters. The smallest absolute Gasteiger partial charge is 0.310 e. The standard InChI is InChI=1S/C11H12BrF2NO3/c1-3-18-8(16)4-6-7(12)5-15-11(17-2)9(6)10(13)14/h5,10H,3-4H2,1-2H3. The number of methoxy groups -OCH3 is 1. The minimum absolute atomic E-state index is 0.135. The fourth-order valence-corrected chi connectivity index (χ4v) is 1.90. The first-order valence-corrected chi connectivity index (χ1v) is 5.95. The van der Waals surface area contributed by atoms with Gasteiger partial charge in [0.25, 0.3) is 6.43 Å². The van der Waals surface area contributed by atoms with E-state index in [2.05, 4.69) is 20.9 Å². The van der Waals surface area contributed by atoms with E-state index in [-0.39, 0.29) is 30.0 Å². The van der Waals surface area contributed by atoms with E-state index in [1.165, 1.54) is 13.3 Å². The summed E-state index contributed by atoms with van der Waals surface area (Å²) in [6, 6.07) is 0. The summed E-state index contributed by atoms with van der Waals surface area (Å²) in [5, 5.41) is 0. The Hall–Kier alpha value is -1.24. The molecular formula is C11H12BrF2NO3. The van der Waals surface area contributed by atoms with E-state index in [4.69, 9.17) is 9.47 Å². The fourth-order valence-electron chi connectivity index (χ4n) is 1.44. The molecule has 4 nitrogen and oxygen atoms in total. The highest BCUT2D eigenvalue weighted by Gasteiger charge is 2.24. The molecule has 0 amide bonds. The number of hydrogen-bond donors (Lipinski definition) is 0. The molecule has 1 heterocycles. The molecule has 0 N–H and O–H groups in total. The van der Waals surface area contributed by atoms with Gasteiger partial charge in [0.05, 0.1) is 25.7 Å². The maximum atomic E-state index is 13.0. The molecule has 0 atom stereocenters. The molecular weight excluding hydrogens is 312 g/mol. The molecule has 0 aliphatic heterocycles. The van der Waals surface area contributed by atoms with Crippen molar-refractivity contribution in [3.8, 4) is 5.88 Å². The average molecular weight is 324 g/mol. The van der Waals surface area contributed by atoms with Gasteiger partial charge < -0.3 is 9.47 Å². The maximum absolute atomic E-state index is 13.0. The van der Waals surface area contributed by atoms with Gasteiger partial charge in [0.15, 0.2) is 0 Å². The summed E-state index contributed by atoms with van der Waals surface area (Å²) in [7, 11) is 1.25. The van der Waals surface area contributed by atoms with E-state index in [9.17, 15) is 13.6 Å². The second-order valence-electron chi connectivity index (χ2n) is 3.29. The van der Waals surface area contributed by atoms with Gasteiger partial charge in [-0.25, -0.2) is 13.8 Å². The first-order chi connectivity index (χ1) is 8.51. The number of alkyl halides is 2.